The van der Waals surface area contributed by atoms with Crippen molar-refractivity contribution in [2.24, 2.45) is 0 Å². The molecule has 0 amide bonds. The highest BCUT2D eigenvalue weighted by Crippen LogP contribution is 2.26. The van der Waals surface area contributed by atoms with Gasteiger partial charge in [0.15, 0.2) is 0 Å². The molecule has 0 atom stereocenters. The van der Waals surface area contributed by atoms with Gasteiger partial charge in [-0.2, -0.15) is 0 Å². The maximum absolute atomic E-state index is 10.9. The number of nitro benzene ring substituents is 1. The smallest absolute Gasteiger partial charge is 0.294 e. The Kier molecular flexibility index (Phi) is 6.56. The zero-order chi connectivity index (χ0) is 16.5. The van der Waals surface area contributed by atoms with Crippen LogP contribution >= 0.6 is 0 Å². The van der Waals surface area contributed by atoms with Gasteiger partial charge in [0.2, 0.25) is 0 Å². The molecule has 0 aliphatic carbocycles. The summed E-state index contributed by atoms with van der Waals surface area (Å²) in [5, 5.41) is 13.9. The minimum atomic E-state index is -0.478. The largest absolute Gasteiger partial charge is 0.399 e. The molecule has 6 nitrogen and oxygen atoms in total. The first-order valence-corrected chi connectivity index (χ1v) is 6.92. The van der Waals surface area contributed by atoms with Crippen molar-refractivity contribution < 1.29 is 9.72 Å². The second-order valence-corrected chi connectivity index (χ2v) is 4.25. The molecule has 2 rings (SSSR count). The topological polar surface area (TPSA) is 98.3 Å². The van der Waals surface area contributed by atoms with Crippen LogP contribution in [0.15, 0.2) is 42.5 Å². The number of hydrogen-bond acceptors (Lipinski definition) is 5. The van der Waals surface area contributed by atoms with E-state index in [1.54, 1.807) is 36.4 Å². The molecule has 0 aliphatic heterocycles. The number of carbonyl (C=O) groups excluding carboxylic acids is 1. The van der Waals surface area contributed by atoms with Crippen LogP contribution in [0.5, 0.6) is 0 Å². The van der Waals surface area contributed by atoms with Crippen molar-refractivity contribution in [2.45, 2.75) is 20.4 Å². The van der Waals surface area contributed by atoms with Crippen LogP contribution in [-0.2, 0) is 6.54 Å². The van der Waals surface area contributed by atoms with Gasteiger partial charge < -0.3 is 11.1 Å². The minimum absolute atomic E-state index is 0.0606. The third-order valence-electron chi connectivity index (χ3n) is 2.82. The Hall–Kier alpha value is -2.89. The summed E-state index contributed by atoms with van der Waals surface area (Å²) < 4.78 is 0. The van der Waals surface area contributed by atoms with Crippen molar-refractivity contribution in [2.75, 3.05) is 11.1 Å². The van der Waals surface area contributed by atoms with E-state index in [0.29, 0.717) is 23.5 Å². The number of nitrogens with zero attached hydrogens (tertiary/aromatic N) is 1. The van der Waals surface area contributed by atoms with Crippen LogP contribution in [-0.4, -0.2) is 11.2 Å². The van der Waals surface area contributed by atoms with Crippen LogP contribution in [0.25, 0.3) is 0 Å². The standard InChI is InChI=1S/C14H13N3O3.C2H6/c15-12-5-6-13(14(7-12)17(19)20)16-8-10-1-3-11(9-18)4-2-10;1-2/h1-7,9,16H,8,15H2;1-2H3. The Morgan fingerprint density at radius 2 is 1.82 bits per heavy atom. The molecule has 3 N–H and O–H groups in total. The van der Waals surface area contributed by atoms with E-state index < -0.39 is 4.92 Å². The van der Waals surface area contributed by atoms with Crippen molar-refractivity contribution >= 4 is 23.3 Å². The highest BCUT2D eigenvalue weighted by atomic mass is 16.6. The number of carbonyl (C=O) groups is 1. The van der Waals surface area contributed by atoms with E-state index in [1.165, 1.54) is 6.07 Å². The molecule has 0 saturated carbocycles. The van der Waals surface area contributed by atoms with Gasteiger partial charge >= 0.3 is 0 Å². The number of nitrogen functional groups attached to an aromatic ring is 1. The second-order valence-electron chi connectivity index (χ2n) is 4.25. The van der Waals surface area contributed by atoms with E-state index in [0.717, 1.165) is 11.8 Å². The monoisotopic (exact) mass is 301 g/mol. The van der Waals surface area contributed by atoms with E-state index >= 15 is 0 Å². The Morgan fingerprint density at radius 1 is 1.18 bits per heavy atom. The van der Waals surface area contributed by atoms with Crippen LogP contribution in [0.3, 0.4) is 0 Å². The average molecular weight is 301 g/mol. The molecule has 0 fully saturated rings. The number of hydrogen-bond donors (Lipinski definition) is 2. The predicted molar refractivity (Wildman–Crippen MR) is 88.0 cm³/mol. The molecule has 0 spiro atoms. The summed E-state index contributed by atoms with van der Waals surface area (Å²) in [5.41, 5.74) is 7.74. The predicted octanol–water partition coefficient (Wildman–Crippen LogP) is 3.63. The fourth-order valence-corrected chi connectivity index (χ4v) is 1.76. The van der Waals surface area contributed by atoms with Gasteiger partial charge in [-0.15, -0.1) is 0 Å². The van der Waals surface area contributed by atoms with Crippen LogP contribution in [0, 0.1) is 10.1 Å². The molecule has 116 valence electrons. The molecule has 6 heteroatoms. The summed E-state index contributed by atoms with van der Waals surface area (Å²) >= 11 is 0. The van der Waals surface area contributed by atoms with E-state index in [9.17, 15) is 14.9 Å². The highest BCUT2D eigenvalue weighted by molar-refractivity contribution is 5.74. The number of aldehydes is 1. The van der Waals surface area contributed by atoms with Crippen LogP contribution < -0.4 is 11.1 Å². The maximum Gasteiger partial charge on any atom is 0.294 e. The Morgan fingerprint density at radius 3 is 2.36 bits per heavy atom. The van der Waals surface area contributed by atoms with E-state index in [4.69, 9.17) is 5.73 Å². The lowest BCUT2D eigenvalue weighted by atomic mass is 10.1. The molecule has 0 heterocycles. The van der Waals surface area contributed by atoms with Crippen molar-refractivity contribution in [1.82, 2.24) is 0 Å². The summed E-state index contributed by atoms with van der Waals surface area (Å²) in [6, 6.07) is 11.5. The summed E-state index contributed by atoms with van der Waals surface area (Å²) in [7, 11) is 0. The molecule has 0 bridgehead atoms. The van der Waals surface area contributed by atoms with E-state index in [1.807, 2.05) is 13.8 Å². The molecular weight excluding hydrogens is 282 g/mol. The second kappa shape index (κ2) is 8.41. The molecule has 0 radical (unpaired) electrons. The van der Waals surface area contributed by atoms with Crippen molar-refractivity contribution in [3.8, 4) is 0 Å². The third kappa shape index (κ3) is 4.59. The van der Waals surface area contributed by atoms with Crippen molar-refractivity contribution in [3.63, 3.8) is 0 Å². The fourth-order valence-electron chi connectivity index (χ4n) is 1.76. The molecule has 22 heavy (non-hydrogen) atoms. The third-order valence-corrected chi connectivity index (χ3v) is 2.82. The number of rotatable bonds is 5. The first kappa shape index (κ1) is 17.2. The fraction of sp³-hybridized carbons (Fsp3) is 0.188. The number of benzene rings is 2. The van der Waals surface area contributed by atoms with Gasteiger partial charge in [-0.25, -0.2) is 0 Å². The summed E-state index contributed by atoms with van der Waals surface area (Å²) in [6.07, 6.45) is 0.766. The molecule has 2 aromatic carbocycles. The number of nitrogens with one attached hydrogen (secondary N) is 1. The van der Waals surface area contributed by atoms with Gasteiger partial charge in [0.1, 0.15) is 12.0 Å². The lowest BCUT2D eigenvalue weighted by Gasteiger charge is -2.08. The summed E-state index contributed by atoms with van der Waals surface area (Å²) in [6.45, 7) is 4.42. The molecule has 0 aromatic heterocycles. The summed E-state index contributed by atoms with van der Waals surface area (Å²) in [4.78, 5) is 21.0. The summed E-state index contributed by atoms with van der Waals surface area (Å²) in [5.74, 6) is 0. The van der Waals surface area contributed by atoms with Gasteiger partial charge in [0.25, 0.3) is 5.69 Å². The lowest BCUT2D eigenvalue weighted by molar-refractivity contribution is -0.383. The maximum atomic E-state index is 10.9. The number of nitrogens with two attached hydrogens (primary N) is 1. The quantitative estimate of drug-likeness (QED) is 0.380. The van der Waals surface area contributed by atoms with Crippen molar-refractivity contribution in [1.29, 1.82) is 0 Å². The van der Waals surface area contributed by atoms with Crippen molar-refractivity contribution in [3.05, 3.63) is 63.7 Å². The van der Waals surface area contributed by atoms with Gasteiger partial charge in [-0.3, -0.25) is 14.9 Å². The molecular formula is C16H19N3O3. The molecule has 0 aliphatic rings. The van der Waals surface area contributed by atoms with Crippen LogP contribution in [0.1, 0.15) is 29.8 Å². The zero-order valence-electron chi connectivity index (χ0n) is 12.6. The van der Waals surface area contributed by atoms with Gasteiger partial charge in [-0.1, -0.05) is 38.1 Å². The first-order valence-electron chi connectivity index (χ1n) is 6.92. The van der Waals surface area contributed by atoms with Gasteiger partial charge in [0, 0.05) is 23.9 Å². The average Bonchev–Trinajstić information content (AvgIpc) is 2.56. The Bertz CT molecular complexity index is 640. The Balaban J connectivity index is 0.00000116. The minimum Gasteiger partial charge on any atom is -0.399 e. The normalized spacial score (nSPS) is 9.36. The van der Waals surface area contributed by atoms with Crippen LogP contribution in [0.4, 0.5) is 17.1 Å². The number of nitro groups is 1. The first-order chi connectivity index (χ1) is 10.6. The molecule has 0 unspecified atom stereocenters. The van der Waals surface area contributed by atoms with E-state index in [-0.39, 0.29) is 5.69 Å². The lowest BCUT2D eigenvalue weighted by Crippen LogP contribution is -2.03. The number of anilines is 2. The zero-order valence-corrected chi connectivity index (χ0v) is 12.6. The van der Waals surface area contributed by atoms with Gasteiger partial charge in [0.05, 0.1) is 4.92 Å². The van der Waals surface area contributed by atoms with Crippen LogP contribution in [0.2, 0.25) is 0 Å². The SMILES string of the molecule is CC.Nc1ccc(NCc2ccc(C=O)cc2)c([N+](=O)[O-])c1. The molecule has 2 aromatic rings. The molecule has 0 saturated heterocycles. The Labute approximate surface area is 129 Å². The highest BCUT2D eigenvalue weighted by Gasteiger charge is 2.13. The van der Waals surface area contributed by atoms with E-state index in [2.05, 4.69) is 5.32 Å². The van der Waals surface area contributed by atoms with Gasteiger partial charge in [-0.05, 0) is 17.7 Å².